The Balaban J connectivity index is 2.31. The van der Waals surface area contributed by atoms with E-state index in [0.29, 0.717) is 0 Å². The second kappa shape index (κ2) is 7.49. The quantitative estimate of drug-likeness (QED) is 0.473. The summed E-state index contributed by atoms with van der Waals surface area (Å²) in [5.41, 5.74) is 3.57. The normalized spacial score (nSPS) is 11.0. The molecule has 0 saturated heterocycles. The van der Waals surface area contributed by atoms with Gasteiger partial charge in [-0.15, -0.1) is 0 Å². The molecule has 3 aromatic carbocycles. The summed E-state index contributed by atoms with van der Waals surface area (Å²) in [6.07, 6.45) is 6.76. The SMILES string of the molecule is CCCCc1cc2c(ccc3ccccc32)c(C#N)c1CCCC. The molecule has 3 rings (SSSR count). The van der Waals surface area contributed by atoms with Gasteiger partial charge < -0.3 is 0 Å². The average Bonchev–Trinajstić information content (AvgIpc) is 2.63. The molecule has 0 fully saturated rings. The lowest BCUT2D eigenvalue weighted by Gasteiger charge is -2.15. The number of hydrogen-bond acceptors (Lipinski definition) is 1. The van der Waals surface area contributed by atoms with Crippen molar-refractivity contribution < 1.29 is 0 Å². The van der Waals surface area contributed by atoms with Crippen LogP contribution in [0.3, 0.4) is 0 Å². The minimum absolute atomic E-state index is 0.901. The Morgan fingerprint density at radius 3 is 2.33 bits per heavy atom. The highest BCUT2D eigenvalue weighted by Gasteiger charge is 2.14. The van der Waals surface area contributed by atoms with Crippen molar-refractivity contribution in [2.24, 2.45) is 0 Å². The molecule has 0 atom stereocenters. The van der Waals surface area contributed by atoms with Crippen molar-refractivity contribution in [1.82, 2.24) is 0 Å². The lowest BCUT2D eigenvalue weighted by Crippen LogP contribution is -2.01. The smallest absolute Gasteiger partial charge is 0.100 e. The van der Waals surface area contributed by atoms with E-state index >= 15 is 0 Å². The second-order valence-corrected chi connectivity index (χ2v) is 6.59. The standard InChI is InChI=1S/C23H25N/c1-3-5-9-18-15-22-19-12-8-7-10-17(19)13-14-21(22)23(16-24)20(18)11-6-4-2/h7-8,10,12-15H,3-6,9,11H2,1-2H3. The van der Waals surface area contributed by atoms with Crippen LogP contribution in [0.5, 0.6) is 0 Å². The van der Waals surface area contributed by atoms with E-state index in [4.69, 9.17) is 0 Å². The third-order valence-electron chi connectivity index (χ3n) is 4.94. The number of hydrogen-bond donors (Lipinski definition) is 0. The van der Waals surface area contributed by atoms with Crippen molar-refractivity contribution in [2.45, 2.75) is 52.4 Å². The van der Waals surface area contributed by atoms with Gasteiger partial charge in [-0.25, -0.2) is 0 Å². The van der Waals surface area contributed by atoms with Crippen molar-refractivity contribution in [3.05, 3.63) is 59.2 Å². The van der Waals surface area contributed by atoms with Gasteiger partial charge in [-0.2, -0.15) is 5.26 Å². The maximum absolute atomic E-state index is 9.89. The van der Waals surface area contributed by atoms with Crippen LogP contribution in [0.15, 0.2) is 42.5 Å². The molecule has 0 heterocycles. The summed E-state index contributed by atoms with van der Waals surface area (Å²) < 4.78 is 0. The maximum Gasteiger partial charge on any atom is 0.100 e. The van der Waals surface area contributed by atoms with Crippen LogP contribution in [0.4, 0.5) is 0 Å². The predicted molar refractivity (Wildman–Crippen MR) is 103 cm³/mol. The number of nitrogens with zero attached hydrogens (tertiary/aromatic N) is 1. The van der Waals surface area contributed by atoms with Crippen LogP contribution in [0.1, 0.15) is 56.2 Å². The Morgan fingerprint density at radius 1 is 0.833 bits per heavy atom. The highest BCUT2D eigenvalue weighted by atomic mass is 14.3. The number of benzene rings is 3. The molecule has 0 N–H and O–H groups in total. The monoisotopic (exact) mass is 315 g/mol. The van der Waals surface area contributed by atoms with Gasteiger partial charge >= 0.3 is 0 Å². The summed E-state index contributed by atoms with van der Waals surface area (Å²) in [5, 5.41) is 14.7. The lowest BCUT2D eigenvalue weighted by molar-refractivity contribution is 0.758. The highest BCUT2D eigenvalue weighted by Crippen LogP contribution is 2.33. The van der Waals surface area contributed by atoms with Crippen LogP contribution in [-0.2, 0) is 12.8 Å². The molecule has 0 radical (unpaired) electrons. The molecule has 3 aromatic rings. The predicted octanol–water partition coefficient (Wildman–Crippen LogP) is 6.55. The number of fused-ring (bicyclic) bond motifs is 3. The molecule has 0 aliphatic heterocycles. The first-order chi connectivity index (χ1) is 11.8. The van der Waals surface area contributed by atoms with E-state index in [1.807, 2.05) is 0 Å². The van der Waals surface area contributed by atoms with E-state index in [-0.39, 0.29) is 0 Å². The van der Waals surface area contributed by atoms with Gasteiger partial charge in [0.05, 0.1) is 5.56 Å². The van der Waals surface area contributed by atoms with Crippen molar-refractivity contribution in [2.75, 3.05) is 0 Å². The fraction of sp³-hybridized carbons (Fsp3) is 0.348. The van der Waals surface area contributed by atoms with E-state index in [1.54, 1.807) is 0 Å². The molecule has 0 unspecified atom stereocenters. The Hall–Kier alpha value is -2.33. The van der Waals surface area contributed by atoms with E-state index in [9.17, 15) is 5.26 Å². The van der Waals surface area contributed by atoms with Crippen LogP contribution in [0.25, 0.3) is 21.5 Å². The highest BCUT2D eigenvalue weighted by molar-refractivity contribution is 6.09. The Labute approximate surface area is 144 Å². The minimum Gasteiger partial charge on any atom is -0.192 e. The van der Waals surface area contributed by atoms with Crippen LogP contribution in [-0.4, -0.2) is 0 Å². The fourth-order valence-corrected chi connectivity index (χ4v) is 3.61. The first kappa shape index (κ1) is 16.5. The van der Waals surface area contributed by atoms with E-state index in [0.717, 1.165) is 36.6 Å². The molecule has 1 heteroatoms. The topological polar surface area (TPSA) is 23.8 Å². The van der Waals surface area contributed by atoms with Crippen molar-refractivity contribution >= 4 is 21.5 Å². The second-order valence-electron chi connectivity index (χ2n) is 6.59. The number of nitriles is 1. The van der Waals surface area contributed by atoms with Crippen LogP contribution in [0, 0.1) is 11.3 Å². The summed E-state index contributed by atoms with van der Waals surface area (Å²) in [7, 11) is 0. The minimum atomic E-state index is 0.901. The van der Waals surface area contributed by atoms with Crippen molar-refractivity contribution in [3.8, 4) is 6.07 Å². The van der Waals surface area contributed by atoms with Gasteiger partial charge in [0.15, 0.2) is 0 Å². The largest absolute Gasteiger partial charge is 0.192 e. The van der Waals surface area contributed by atoms with E-state index in [2.05, 4.69) is 62.4 Å². The third-order valence-corrected chi connectivity index (χ3v) is 4.94. The van der Waals surface area contributed by atoms with Crippen molar-refractivity contribution in [1.29, 1.82) is 5.26 Å². The molecule has 0 spiro atoms. The van der Waals surface area contributed by atoms with E-state index < -0.39 is 0 Å². The Bertz CT molecular complexity index is 899. The molecule has 0 bridgehead atoms. The fourth-order valence-electron chi connectivity index (χ4n) is 3.61. The Morgan fingerprint density at radius 2 is 1.58 bits per heavy atom. The summed E-state index contributed by atoms with van der Waals surface area (Å²) in [6.45, 7) is 4.44. The van der Waals surface area contributed by atoms with Crippen LogP contribution < -0.4 is 0 Å². The number of unbranched alkanes of at least 4 members (excludes halogenated alkanes) is 2. The van der Waals surface area contributed by atoms with Gasteiger partial charge in [0.25, 0.3) is 0 Å². The molecule has 1 nitrogen and oxygen atoms in total. The molecule has 0 saturated carbocycles. The third kappa shape index (κ3) is 3.02. The van der Waals surface area contributed by atoms with Gasteiger partial charge in [-0.05, 0) is 53.0 Å². The summed E-state index contributed by atoms with van der Waals surface area (Å²) in [5.74, 6) is 0. The van der Waals surface area contributed by atoms with Gasteiger partial charge in [-0.3, -0.25) is 0 Å². The van der Waals surface area contributed by atoms with Gasteiger partial charge in [0.1, 0.15) is 6.07 Å². The molecule has 0 aliphatic rings. The molecule has 0 aliphatic carbocycles. The van der Waals surface area contributed by atoms with Gasteiger partial charge in [-0.1, -0.05) is 69.2 Å². The molecule has 122 valence electrons. The van der Waals surface area contributed by atoms with Gasteiger partial charge in [0, 0.05) is 5.39 Å². The van der Waals surface area contributed by atoms with Crippen LogP contribution >= 0.6 is 0 Å². The summed E-state index contributed by atoms with van der Waals surface area (Å²) in [4.78, 5) is 0. The zero-order chi connectivity index (χ0) is 16.9. The number of aryl methyl sites for hydroxylation is 1. The summed E-state index contributed by atoms with van der Waals surface area (Å²) >= 11 is 0. The molecule has 24 heavy (non-hydrogen) atoms. The average molecular weight is 315 g/mol. The van der Waals surface area contributed by atoms with Gasteiger partial charge in [0.2, 0.25) is 0 Å². The van der Waals surface area contributed by atoms with Crippen LogP contribution in [0.2, 0.25) is 0 Å². The molecule has 0 amide bonds. The lowest BCUT2D eigenvalue weighted by atomic mass is 9.88. The first-order valence-corrected chi connectivity index (χ1v) is 9.16. The summed E-state index contributed by atoms with van der Waals surface area (Å²) in [6, 6.07) is 17.7. The zero-order valence-electron chi connectivity index (χ0n) is 14.7. The number of rotatable bonds is 6. The maximum atomic E-state index is 9.89. The molecule has 0 aromatic heterocycles. The van der Waals surface area contributed by atoms with Crippen molar-refractivity contribution in [3.63, 3.8) is 0 Å². The molecular weight excluding hydrogens is 290 g/mol. The molecular formula is C23H25N. The Kier molecular flexibility index (Phi) is 5.16. The zero-order valence-corrected chi connectivity index (χ0v) is 14.7. The first-order valence-electron chi connectivity index (χ1n) is 9.16. The van der Waals surface area contributed by atoms with E-state index in [1.165, 1.54) is 40.1 Å².